The van der Waals surface area contributed by atoms with Crippen LogP contribution in [0.2, 0.25) is 0 Å². The number of ether oxygens (including phenoxy) is 1. The van der Waals surface area contributed by atoms with E-state index in [0.29, 0.717) is 10.6 Å². The normalized spacial score (nSPS) is 22.8. The van der Waals surface area contributed by atoms with Gasteiger partial charge in [-0.2, -0.15) is 0 Å². The van der Waals surface area contributed by atoms with Gasteiger partial charge in [-0.15, -0.1) is 11.3 Å². The first-order chi connectivity index (χ1) is 12.2. The number of amides is 2. The zero-order valence-corrected chi connectivity index (χ0v) is 14.3. The van der Waals surface area contributed by atoms with E-state index in [1.807, 2.05) is 0 Å². The molecule has 1 aliphatic carbocycles. The van der Waals surface area contributed by atoms with Crippen molar-refractivity contribution in [1.82, 2.24) is 0 Å². The van der Waals surface area contributed by atoms with E-state index in [1.54, 1.807) is 41.8 Å². The second kappa shape index (κ2) is 6.44. The molecule has 1 saturated carbocycles. The number of rotatable bonds is 3. The van der Waals surface area contributed by atoms with Crippen LogP contribution in [0.5, 0.6) is 5.75 Å². The van der Waals surface area contributed by atoms with E-state index in [2.05, 4.69) is 0 Å². The molecule has 0 spiro atoms. The van der Waals surface area contributed by atoms with E-state index in [1.165, 1.54) is 16.2 Å². The molecule has 0 radical (unpaired) electrons. The van der Waals surface area contributed by atoms with Gasteiger partial charge in [0.25, 0.3) is 0 Å². The molecule has 2 aliphatic rings. The predicted molar refractivity (Wildman–Crippen MR) is 93.7 cm³/mol. The molecule has 128 valence electrons. The largest absolute Gasteiger partial charge is 0.420 e. The van der Waals surface area contributed by atoms with Gasteiger partial charge in [-0.25, -0.2) is 9.69 Å². The number of carbonyl (C=O) groups is 3. The summed E-state index contributed by atoms with van der Waals surface area (Å²) in [4.78, 5) is 39.5. The number of para-hydroxylation sites is 2. The zero-order valence-electron chi connectivity index (χ0n) is 13.5. The Bertz CT molecular complexity index is 806. The number of nitrogens with zero attached hydrogens (tertiary/aromatic N) is 1. The van der Waals surface area contributed by atoms with E-state index in [9.17, 15) is 14.4 Å². The Morgan fingerprint density at radius 3 is 2.32 bits per heavy atom. The van der Waals surface area contributed by atoms with Crippen LogP contribution >= 0.6 is 11.3 Å². The molecule has 0 unspecified atom stereocenters. The minimum Gasteiger partial charge on any atom is -0.420 e. The smallest absolute Gasteiger partial charge is 0.353 e. The van der Waals surface area contributed by atoms with Crippen molar-refractivity contribution in [1.29, 1.82) is 0 Å². The van der Waals surface area contributed by atoms with Crippen LogP contribution in [0, 0.1) is 11.8 Å². The van der Waals surface area contributed by atoms with Crippen molar-refractivity contribution in [3.63, 3.8) is 0 Å². The fourth-order valence-corrected chi connectivity index (χ4v) is 4.27. The van der Waals surface area contributed by atoms with E-state index >= 15 is 0 Å². The van der Waals surface area contributed by atoms with Crippen LogP contribution in [0.25, 0.3) is 0 Å². The number of benzene rings is 1. The summed E-state index contributed by atoms with van der Waals surface area (Å²) >= 11 is 1.28. The van der Waals surface area contributed by atoms with Crippen molar-refractivity contribution >= 4 is 34.8 Å². The molecule has 1 aromatic heterocycles. The number of fused-ring (bicyclic) bond motifs is 1. The molecule has 2 amide bonds. The fraction of sp³-hybridized carbons (Fsp3) is 0.316. The number of imide groups is 1. The van der Waals surface area contributed by atoms with Crippen LogP contribution in [0.3, 0.4) is 0 Å². The molecular weight excluding hydrogens is 338 g/mol. The van der Waals surface area contributed by atoms with Crippen LogP contribution in [0.15, 0.2) is 41.8 Å². The summed E-state index contributed by atoms with van der Waals surface area (Å²) in [6.45, 7) is 0. The minimum atomic E-state index is -0.487. The molecule has 6 heteroatoms. The van der Waals surface area contributed by atoms with Gasteiger partial charge in [0.1, 0.15) is 4.88 Å². The first kappa shape index (κ1) is 16.0. The lowest BCUT2D eigenvalue weighted by Gasteiger charge is -2.19. The molecule has 2 fully saturated rings. The topological polar surface area (TPSA) is 63.7 Å². The molecule has 2 aromatic rings. The maximum atomic E-state index is 12.8. The summed E-state index contributed by atoms with van der Waals surface area (Å²) in [6, 6.07) is 10.2. The Morgan fingerprint density at radius 1 is 1.00 bits per heavy atom. The van der Waals surface area contributed by atoms with Gasteiger partial charge in [0.2, 0.25) is 11.8 Å². The highest BCUT2D eigenvalue weighted by molar-refractivity contribution is 7.12. The third-order valence-corrected chi connectivity index (χ3v) is 5.72. The summed E-state index contributed by atoms with van der Waals surface area (Å²) in [5, 5.41) is 1.79. The monoisotopic (exact) mass is 355 g/mol. The highest BCUT2D eigenvalue weighted by Crippen LogP contribution is 2.42. The lowest BCUT2D eigenvalue weighted by Crippen LogP contribution is -2.31. The van der Waals surface area contributed by atoms with Gasteiger partial charge in [0.15, 0.2) is 5.75 Å². The van der Waals surface area contributed by atoms with Crippen molar-refractivity contribution in [3.05, 3.63) is 46.7 Å². The maximum Gasteiger partial charge on any atom is 0.353 e. The Hall–Kier alpha value is -2.47. The van der Waals surface area contributed by atoms with Gasteiger partial charge in [-0.1, -0.05) is 31.0 Å². The Labute approximate surface area is 149 Å². The molecule has 2 heterocycles. The van der Waals surface area contributed by atoms with Gasteiger partial charge in [0, 0.05) is 0 Å². The average Bonchev–Trinajstić information content (AvgIpc) is 3.25. The summed E-state index contributed by atoms with van der Waals surface area (Å²) in [5.41, 5.74) is 0.358. The molecule has 1 aromatic carbocycles. The third-order valence-electron chi connectivity index (χ3n) is 4.87. The van der Waals surface area contributed by atoms with Gasteiger partial charge in [0.05, 0.1) is 17.5 Å². The molecule has 0 bridgehead atoms. The number of anilines is 1. The zero-order chi connectivity index (χ0) is 17.4. The van der Waals surface area contributed by atoms with E-state index < -0.39 is 5.97 Å². The van der Waals surface area contributed by atoms with E-state index in [0.717, 1.165) is 25.7 Å². The maximum absolute atomic E-state index is 12.8. The second-order valence-corrected chi connectivity index (χ2v) is 7.29. The van der Waals surface area contributed by atoms with Crippen molar-refractivity contribution in [2.75, 3.05) is 4.90 Å². The van der Waals surface area contributed by atoms with Crippen LogP contribution in [0.1, 0.15) is 35.4 Å². The second-order valence-electron chi connectivity index (χ2n) is 6.34. The predicted octanol–water partition coefficient (Wildman–Crippen LogP) is 3.65. The highest BCUT2D eigenvalue weighted by Gasteiger charge is 2.49. The van der Waals surface area contributed by atoms with Crippen LogP contribution in [0.4, 0.5) is 5.69 Å². The molecule has 1 aliphatic heterocycles. The lowest BCUT2D eigenvalue weighted by atomic mass is 9.81. The minimum absolute atomic E-state index is 0.172. The van der Waals surface area contributed by atoms with E-state index in [4.69, 9.17) is 4.74 Å². The Kier molecular flexibility index (Phi) is 4.13. The number of carbonyl (C=O) groups excluding carboxylic acids is 3. The number of esters is 1. The molecule has 1 saturated heterocycles. The molecular formula is C19H17NO4S. The summed E-state index contributed by atoms with van der Waals surface area (Å²) in [7, 11) is 0. The van der Waals surface area contributed by atoms with E-state index in [-0.39, 0.29) is 29.4 Å². The first-order valence-electron chi connectivity index (χ1n) is 8.39. The number of hydrogen-bond donors (Lipinski definition) is 0. The first-order valence-corrected chi connectivity index (χ1v) is 9.27. The SMILES string of the molecule is O=C(Oc1ccccc1N1C(=O)[C@@H]2CCCC[C@H]2C1=O)c1cccs1. The average molecular weight is 355 g/mol. The quantitative estimate of drug-likeness (QED) is 0.479. The highest BCUT2D eigenvalue weighted by atomic mass is 32.1. The van der Waals surface area contributed by atoms with Crippen molar-refractivity contribution in [2.45, 2.75) is 25.7 Å². The summed E-state index contributed by atoms with van der Waals surface area (Å²) in [5.74, 6) is -1.06. The van der Waals surface area contributed by atoms with Gasteiger partial charge in [-0.05, 0) is 36.4 Å². The number of thiophene rings is 1. The van der Waals surface area contributed by atoms with Crippen LogP contribution in [-0.4, -0.2) is 17.8 Å². The van der Waals surface area contributed by atoms with Crippen molar-refractivity contribution < 1.29 is 19.1 Å². The summed E-state index contributed by atoms with van der Waals surface area (Å²) < 4.78 is 5.48. The molecule has 25 heavy (non-hydrogen) atoms. The van der Waals surface area contributed by atoms with Crippen LogP contribution < -0.4 is 9.64 Å². The van der Waals surface area contributed by atoms with Crippen molar-refractivity contribution in [3.8, 4) is 5.75 Å². The van der Waals surface area contributed by atoms with Crippen molar-refractivity contribution in [2.24, 2.45) is 11.8 Å². The van der Waals surface area contributed by atoms with Gasteiger partial charge < -0.3 is 4.74 Å². The third kappa shape index (κ3) is 2.76. The molecule has 4 rings (SSSR count). The standard InChI is InChI=1S/C19H17NO4S/c21-17-12-6-1-2-7-13(12)18(22)20(17)14-8-3-4-9-15(14)24-19(23)16-10-5-11-25-16/h3-5,8-13H,1-2,6-7H2/t12-,13-/m1/s1. The lowest BCUT2D eigenvalue weighted by molar-refractivity contribution is -0.122. The van der Waals surface area contributed by atoms with Gasteiger partial charge in [-0.3, -0.25) is 9.59 Å². The molecule has 2 atom stereocenters. The Balaban J connectivity index is 1.66. The summed E-state index contributed by atoms with van der Waals surface area (Å²) in [6.07, 6.45) is 3.46. The number of hydrogen-bond acceptors (Lipinski definition) is 5. The fourth-order valence-electron chi connectivity index (χ4n) is 3.67. The van der Waals surface area contributed by atoms with Crippen LogP contribution in [-0.2, 0) is 9.59 Å². The van der Waals surface area contributed by atoms with Gasteiger partial charge >= 0.3 is 5.97 Å². The Morgan fingerprint density at radius 2 is 1.68 bits per heavy atom. The molecule has 5 nitrogen and oxygen atoms in total. The molecule has 0 N–H and O–H groups in total.